The first kappa shape index (κ1) is 19.2. The minimum absolute atomic E-state index is 0.284. The topological polar surface area (TPSA) is 52.6 Å². The standard InChI is InChI=1S/C19H28O4/c1-4-10-18(20)22-16-12-8-9-13-17(16)23-19(21)14-7-5-6-11-15(2)3/h8-9,12-13,15H,4-7,10-11,14H2,1-3H3. The summed E-state index contributed by atoms with van der Waals surface area (Å²) in [6.07, 6.45) is 5.62. The van der Waals surface area contributed by atoms with Crippen LogP contribution >= 0.6 is 0 Å². The highest BCUT2D eigenvalue weighted by Crippen LogP contribution is 2.27. The molecule has 0 bridgehead atoms. The van der Waals surface area contributed by atoms with Gasteiger partial charge in [-0.1, -0.05) is 52.2 Å². The quantitative estimate of drug-likeness (QED) is 0.349. The second-order valence-electron chi connectivity index (χ2n) is 6.14. The summed E-state index contributed by atoms with van der Waals surface area (Å²) in [6, 6.07) is 6.78. The fourth-order valence-corrected chi connectivity index (χ4v) is 2.17. The van der Waals surface area contributed by atoms with E-state index in [-0.39, 0.29) is 11.9 Å². The molecule has 0 atom stereocenters. The van der Waals surface area contributed by atoms with Crippen molar-refractivity contribution in [3.63, 3.8) is 0 Å². The Morgan fingerprint density at radius 3 is 2.00 bits per heavy atom. The number of carbonyl (C=O) groups is 2. The summed E-state index contributed by atoms with van der Waals surface area (Å²) in [6.45, 7) is 6.31. The molecule has 0 aliphatic heterocycles. The normalized spacial score (nSPS) is 10.6. The van der Waals surface area contributed by atoms with Crippen LogP contribution in [0.2, 0.25) is 0 Å². The Bertz CT molecular complexity index is 494. The van der Waals surface area contributed by atoms with Gasteiger partial charge in [0.2, 0.25) is 0 Å². The number of esters is 2. The molecule has 0 aliphatic carbocycles. The summed E-state index contributed by atoms with van der Waals surface area (Å²) >= 11 is 0. The summed E-state index contributed by atoms with van der Waals surface area (Å²) in [5.41, 5.74) is 0. The lowest BCUT2D eigenvalue weighted by Gasteiger charge is -2.10. The molecular formula is C19H28O4. The van der Waals surface area contributed by atoms with E-state index in [0.717, 1.165) is 25.7 Å². The molecule has 0 amide bonds. The molecule has 0 unspecified atom stereocenters. The lowest BCUT2D eigenvalue weighted by Crippen LogP contribution is -2.11. The Morgan fingerprint density at radius 1 is 0.913 bits per heavy atom. The van der Waals surface area contributed by atoms with E-state index in [9.17, 15) is 9.59 Å². The van der Waals surface area contributed by atoms with E-state index < -0.39 is 0 Å². The van der Waals surface area contributed by atoms with Crippen molar-refractivity contribution in [1.29, 1.82) is 0 Å². The fourth-order valence-electron chi connectivity index (χ4n) is 2.17. The maximum Gasteiger partial charge on any atom is 0.311 e. The van der Waals surface area contributed by atoms with Crippen LogP contribution in [-0.2, 0) is 9.59 Å². The summed E-state index contributed by atoms with van der Waals surface area (Å²) in [7, 11) is 0. The zero-order valence-electron chi connectivity index (χ0n) is 14.5. The highest BCUT2D eigenvalue weighted by molar-refractivity contribution is 5.76. The van der Waals surface area contributed by atoms with Crippen LogP contribution in [0.4, 0.5) is 0 Å². The largest absolute Gasteiger partial charge is 0.423 e. The molecule has 0 heterocycles. The van der Waals surface area contributed by atoms with Gasteiger partial charge in [-0.15, -0.1) is 0 Å². The SMILES string of the molecule is CCCC(=O)Oc1ccccc1OC(=O)CCCCCC(C)C. The molecule has 0 aliphatic rings. The predicted octanol–water partition coefficient (Wildman–Crippen LogP) is 4.90. The highest BCUT2D eigenvalue weighted by Gasteiger charge is 2.12. The molecule has 0 fully saturated rings. The van der Waals surface area contributed by atoms with Crippen LogP contribution in [0, 0.1) is 5.92 Å². The number of carbonyl (C=O) groups excluding carboxylic acids is 2. The van der Waals surface area contributed by atoms with Gasteiger partial charge in [0.1, 0.15) is 0 Å². The third-order valence-corrected chi connectivity index (χ3v) is 3.41. The van der Waals surface area contributed by atoms with Gasteiger partial charge >= 0.3 is 11.9 Å². The number of para-hydroxylation sites is 2. The van der Waals surface area contributed by atoms with Gasteiger partial charge in [0.05, 0.1) is 0 Å². The van der Waals surface area contributed by atoms with Crippen molar-refractivity contribution in [2.75, 3.05) is 0 Å². The number of ether oxygens (including phenoxy) is 2. The van der Waals surface area contributed by atoms with Crippen molar-refractivity contribution in [2.24, 2.45) is 5.92 Å². The Morgan fingerprint density at radius 2 is 1.48 bits per heavy atom. The van der Waals surface area contributed by atoms with Gasteiger partial charge in [0.15, 0.2) is 11.5 Å². The van der Waals surface area contributed by atoms with Crippen LogP contribution in [0.15, 0.2) is 24.3 Å². The molecule has 0 spiro atoms. The van der Waals surface area contributed by atoms with Gasteiger partial charge in [-0.25, -0.2) is 0 Å². The maximum absolute atomic E-state index is 11.9. The number of hydrogen-bond donors (Lipinski definition) is 0. The third-order valence-electron chi connectivity index (χ3n) is 3.41. The van der Waals surface area contributed by atoms with Gasteiger partial charge in [-0.3, -0.25) is 9.59 Å². The Kier molecular flexibility index (Phi) is 9.03. The van der Waals surface area contributed by atoms with E-state index in [2.05, 4.69) is 13.8 Å². The molecule has 0 saturated heterocycles. The molecule has 1 aromatic rings. The highest BCUT2D eigenvalue weighted by atomic mass is 16.6. The van der Waals surface area contributed by atoms with Crippen molar-refractivity contribution >= 4 is 11.9 Å². The molecular weight excluding hydrogens is 292 g/mol. The first-order chi connectivity index (χ1) is 11.0. The molecule has 1 rings (SSSR count). The smallest absolute Gasteiger partial charge is 0.311 e. The second kappa shape index (κ2) is 10.8. The molecule has 23 heavy (non-hydrogen) atoms. The van der Waals surface area contributed by atoms with E-state index in [1.807, 2.05) is 6.92 Å². The van der Waals surface area contributed by atoms with Crippen LogP contribution in [0.5, 0.6) is 11.5 Å². The summed E-state index contributed by atoms with van der Waals surface area (Å²) in [4.78, 5) is 23.5. The number of rotatable bonds is 10. The van der Waals surface area contributed by atoms with Crippen LogP contribution in [-0.4, -0.2) is 11.9 Å². The molecule has 0 aromatic heterocycles. The van der Waals surface area contributed by atoms with Gasteiger partial charge in [0.25, 0.3) is 0 Å². The molecule has 0 N–H and O–H groups in total. The zero-order chi connectivity index (χ0) is 17.1. The number of benzene rings is 1. The van der Waals surface area contributed by atoms with Crippen molar-refractivity contribution in [3.05, 3.63) is 24.3 Å². The predicted molar refractivity (Wildman–Crippen MR) is 90.5 cm³/mol. The Labute approximate surface area is 139 Å². The van der Waals surface area contributed by atoms with Crippen molar-refractivity contribution in [1.82, 2.24) is 0 Å². The number of unbranched alkanes of at least 4 members (excludes halogenated alkanes) is 2. The Hall–Kier alpha value is -1.84. The van der Waals surface area contributed by atoms with Crippen molar-refractivity contribution in [2.45, 2.75) is 65.7 Å². The first-order valence-electron chi connectivity index (χ1n) is 8.53. The average molecular weight is 320 g/mol. The van der Waals surface area contributed by atoms with E-state index in [4.69, 9.17) is 9.47 Å². The van der Waals surface area contributed by atoms with Crippen LogP contribution in [0.1, 0.15) is 65.7 Å². The van der Waals surface area contributed by atoms with E-state index in [1.54, 1.807) is 24.3 Å². The van der Waals surface area contributed by atoms with Gasteiger partial charge in [0, 0.05) is 12.8 Å². The van der Waals surface area contributed by atoms with Crippen LogP contribution < -0.4 is 9.47 Å². The molecule has 128 valence electrons. The van der Waals surface area contributed by atoms with Crippen LogP contribution in [0.3, 0.4) is 0 Å². The third kappa shape index (κ3) is 8.38. The molecule has 4 heteroatoms. The fraction of sp³-hybridized carbons (Fsp3) is 0.579. The number of hydrogen-bond acceptors (Lipinski definition) is 4. The monoisotopic (exact) mass is 320 g/mol. The minimum atomic E-state index is -0.315. The molecule has 4 nitrogen and oxygen atoms in total. The van der Waals surface area contributed by atoms with Gasteiger partial charge < -0.3 is 9.47 Å². The summed E-state index contributed by atoms with van der Waals surface area (Å²) < 4.78 is 10.6. The first-order valence-corrected chi connectivity index (χ1v) is 8.53. The molecule has 1 aromatic carbocycles. The second-order valence-corrected chi connectivity index (χ2v) is 6.14. The molecule has 0 radical (unpaired) electrons. The average Bonchev–Trinajstić information content (AvgIpc) is 2.49. The van der Waals surface area contributed by atoms with Crippen molar-refractivity contribution in [3.8, 4) is 11.5 Å². The van der Waals surface area contributed by atoms with E-state index in [1.165, 1.54) is 6.42 Å². The minimum Gasteiger partial charge on any atom is -0.423 e. The Balaban J connectivity index is 2.43. The van der Waals surface area contributed by atoms with E-state index >= 15 is 0 Å². The maximum atomic E-state index is 11.9. The summed E-state index contributed by atoms with van der Waals surface area (Å²) in [5, 5.41) is 0. The lowest BCUT2D eigenvalue weighted by atomic mass is 10.0. The summed E-state index contributed by atoms with van der Waals surface area (Å²) in [5.74, 6) is 0.716. The van der Waals surface area contributed by atoms with E-state index in [0.29, 0.717) is 30.3 Å². The molecule has 0 saturated carbocycles. The van der Waals surface area contributed by atoms with Crippen molar-refractivity contribution < 1.29 is 19.1 Å². The lowest BCUT2D eigenvalue weighted by molar-refractivity contribution is -0.137. The zero-order valence-corrected chi connectivity index (χ0v) is 14.5. The van der Waals surface area contributed by atoms with Gasteiger partial charge in [-0.05, 0) is 30.9 Å². The van der Waals surface area contributed by atoms with Crippen LogP contribution in [0.25, 0.3) is 0 Å². The van der Waals surface area contributed by atoms with Gasteiger partial charge in [-0.2, -0.15) is 0 Å².